The zero-order chi connectivity index (χ0) is 22.2. The Bertz CT molecular complexity index is 1170. The predicted octanol–water partition coefficient (Wildman–Crippen LogP) is -0.651. The molecule has 4 heterocycles. The number of pyridine rings is 1. The molecule has 10 nitrogen and oxygen atoms in total. The molecular formula is C20H28N7O3S+. The monoisotopic (exact) mass is 446 g/mol. The molecule has 11 heteroatoms. The number of sulfonamides is 1. The van der Waals surface area contributed by atoms with E-state index in [4.69, 9.17) is 0 Å². The van der Waals surface area contributed by atoms with Crippen LogP contribution in [0, 0.1) is 11.3 Å². The van der Waals surface area contributed by atoms with Gasteiger partial charge in [-0.3, -0.25) is 9.36 Å². The summed E-state index contributed by atoms with van der Waals surface area (Å²) in [6.45, 7) is 2.84. The lowest BCUT2D eigenvalue weighted by molar-refractivity contribution is -0.885. The van der Waals surface area contributed by atoms with Gasteiger partial charge in [0.25, 0.3) is 5.56 Å². The van der Waals surface area contributed by atoms with Crippen molar-refractivity contribution in [3.8, 4) is 6.07 Å². The smallest absolute Gasteiger partial charge is 0.270 e. The fourth-order valence-corrected chi connectivity index (χ4v) is 5.35. The van der Waals surface area contributed by atoms with Crippen molar-refractivity contribution in [3.05, 3.63) is 28.2 Å². The summed E-state index contributed by atoms with van der Waals surface area (Å²) in [6, 6.07) is 3.63. The van der Waals surface area contributed by atoms with Gasteiger partial charge < -0.3 is 10.2 Å². The van der Waals surface area contributed by atoms with Crippen molar-refractivity contribution >= 4 is 27.0 Å². The average Bonchev–Trinajstić information content (AvgIpc) is 2.74. The Morgan fingerprint density at radius 3 is 2.52 bits per heavy atom. The summed E-state index contributed by atoms with van der Waals surface area (Å²) in [5.41, 5.74) is 0.349. The Hall–Kier alpha value is -2.55. The van der Waals surface area contributed by atoms with E-state index in [1.54, 1.807) is 16.8 Å². The summed E-state index contributed by atoms with van der Waals surface area (Å²) < 4.78 is 26.6. The molecule has 2 aromatic rings. The third kappa shape index (κ3) is 4.56. The van der Waals surface area contributed by atoms with Crippen LogP contribution in [0.2, 0.25) is 0 Å². The van der Waals surface area contributed by atoms with E-state index in [1.807, 2.05) is 6.07 Å². The maximum atomic E-state index is 13.0. The topological polar surface area (TPSA) is 125 Å². The summed E-state index contributed by atoms with van der Waals surface area (Å²) in [7, 11) is -1.04. The number of hydrogen-bond acceptors (Lipinski definition) is 7. The van der Waals surface area contributed by atoms with E-state index in [9.17, 15) is 18.5 Å². The molecule has 4 rings (SSSR count). The first-order valence-corrected chi connectivity index (χ1v) is 12.5. The highest BCUT2D eigenvalue weighted by Gasteiger charge is 2.27. The molecule has 2 N–H and O–H groups in total. The third-order valence-electron chi connectivity index (χ3n) is 6.32. The molecule has 31 heavy (non-hydrogen) atoms. The van der Waals surface area contributed by atoms with E-state index in [2.05, 4.69) is 22.3 Å². The molecule has 0 spiro atoms. The van der Waals surface area contributed by atoms with Crippen molar-refractivity contribution < 1.29 is 13.3 Å². The van der Waals surface area contributed by atoms with Crippen LogP contribution in [-0.4, -0.2) is 72.8 Å². The number of anilines is 1. The first kappa shape index (κ1) is 21.7. The molecule has 2 aliphatic rings. The van der Waals surface area contributed by atoms with E-state index in [-0.39, 0.29) is 23.2 Å². The molecular weight excluding hydrogens is 418 g/mol. The molecule has 2 saturated heterocycles. The van der Waals surface area contributed by atoms with E-state index in [1.165, 1.54) is 15.5 Å². The van der Waals surface area contributed by atoms with Crippen LogP contribution >= 0.6 is 0 Å². The maximum absolute atomic E-state index is 13.0. The highest BCUT2D eigenvalue weighted by atomic mass is 32.2. The molecule has 0 unspecified atom stereocenters. The fraction of sp³-hybridized carbons (Fsp3) is 0.600. The Balaban J connectivity index is 1.63. The number of hydrogen-bond donors (Lipinski definition) is 2. The zero-order valence-electron chi connectivity index (χ0n) is 17.8. The van der Waals surface area contributed by atoms with Crippen molar-refractivity contribution in [1.82, 2.24) is 18.8 Å². The number of likely N-dealkylation sites (tertiary alicyclic amines) is 1. The first-order chi connectivity index (χ1) is 14.8. The van der Waals surface area contributed by atoms with Gasteiger partial charge in [0.1, 0.15) is 17.3 Å². The molecule has 0 amide bonds. The molecule has 2 fully saturated rings. The second kappa shape index (κ2) is 8.53. The van der Waals surface area contributed by atoms with Crippen LogP contribution in [-0.2, 0) is 10.0 Å². The molecule has 0 saturated carbocycles. The molecule has 0 aromatic carbocycles. The molecule has 166 valence electrons. The van der Waals surface area contributed by atoms with Crippen LogP contribution in [0.25, 0.3) is 11.0 Å². The third-order valence-corrected chi connectivity index (χ3v) is 7.63. The van der Waals surface area contributed by atoms with Crippen LogP contribution in [0.5, 0.6) is 0 Å². The van der Waals surface area contributed by atoms with E-state index < -0.39 is 10.0 Å². The standard InChI is InChI=1S/C20H27N7O3S/c1-25-7-5-17(6-8-25)27-18-15(11-14(12-21)19(27)28)13-22-20(24-18)23-16-3-9-26(10-4-16)31(2,29)30/h11,13,16-17H,3-10H2,1-2H3,(H,22,23,24)/p+1. The van der Waals surface area contributed by atoms with Crippen molar-refractivity contribution in [2.24, 2.45) is 0 Å². The molecule has 0 atom stereocenters. The molecule has 0 bridgehead atoms. The lowest BCUT2D eigenvalue weighted by Gasteiger charge is -2.31. The van der Waals surface area contributed by atoms with Crippen LogP contribution in [0.15, 0.2) is 17.1 Å². The zero-order valence-corrected chi connectivity index (χ0v) is 18.7. The highest BCUT2D eigenvalue weighted by molar-refractivity contribution is 7.88. The van der Waals surface area contributed by atoms with Gasteiger partial charge in [0.05, 0.1) is 26.4 Å². The number of quaternary nitrogens is 1. The van der Waals surface area contributed by atoms with Gasteiger partial charge in [0.15, 0.2) is 0 Å². The van der Waals surface area contributed by atoms with Gasteiger partial charge in [-0.2, -0.15) is 10.2 Å². The minimum absolute atomic E-state index is 0.00718. The van der Waals surface area contributed by atoms with Crippen LogP contribution in [0.4, 0.5) is 5.95 Å². The second-order valence-corrected chi connectivity index (χ2v) is 10.6. The summed E-state index contributed by atoms with van der Waals surface area (Å²) in [5, 5.41) is 13.4. The quantitative estimate of drug-likeness (QED) is 0.639. The Morgan fingerprint density at radius 2 is 1.90 bits per heavy atom. The Labute approximate surface area is 181 Å². The number of fused-ring (bicyclic) bond motifs is 1. The number of rotatable bonds is 4. The number of nitriles is 1. The minimum Gasteiger partial charge on any atom is -0.351 e. The fourth-order valence-electron chi connectivity index (χ4n) is 4.48. The van der Waals surface area contributed by atoms with Crippen molar-refractivity contribution in [1.29, 1.82) is 5.26 Å². The van der Waals surface area contributed by atoms with Gasteiger partial charge in [-0.05, 0) is 18.9 Å². The molecule has 2 aliphatic heterocycles. The van der Waals surface area contributed by atoms with Gasteiger partial charge in [-0.25, -0.2) is 17.7 Å². The van der Waals surface area contributed by atoms with Crippen LogP contribution < -0.4 is 15.8 Å². The summed E-state index contributed by atoms with van der Waals surface area (Å²) in [4.78, 5) is 23.5. The predicted molar refractivity (Wildman–Crippen MR) is 116 cm³/mol. The van der Waals surface area contributed by atoms with Gasteiger partial charge in [-0.1, -0.05) is 0 Å². The molecule has 0 radical (unpaired) electrons. The van der Waals surface area contributed by atoms with E-state index in [0.717, 1.165) is 25.9 Å². The van der Waals surface area contributed by atoms with Crippen LogP contribution in [0.3, 0.4) is 0 Å². The Morgan fingerprint density at radius 1 is 1.23 bits per heavy atom. The molecule has 0 aliphatic carbocycles. The first-order valence-electron chi connectivity index (χ1n) is 10.6. The van der Waals surface area contributed by atoms with Gasteiger partial charge in [0, 0.05) is 49.6 Å². The van der Waals surface area contributed by atoms with Crippen molar-refractivity contribution in [2.45, 2.75) is 37.8 Å². The van der Waals surface area contributed by atoms with Gasteiger partial charge >= 0.3 is 0 Å². The van der Waals surface area contributed by atoms with E-state index in [0.29, 0.717) is 42.9 Å². The molecule has 2 aromatic heterocycles. The lowest BCUT2D eigenvalue weighted by atomic mass is 10.0. The summed E-state index contributed by atoms with van der Waals surface area (Å²) in [5.74, 6) is 0.418. The maximum Gasteiger partial charge on any atom is 0.270 e. The van der Waals surface area contributed by atoms with Crippen LogP contribution in [0.1, 0.15) is 37.3 Å². The van der Waals surface area contributed by atoms with Gasteiger partial charge in [-0.15, -0.1) is 0 Å². The minimum atomic E-state index is -3.18. The number of nitrogens with one attached hydrogen (secondary N) is 2. The number of nitrogens with zero attached hydrogens (tertiary/aromatic N) is 5. The van der Waals surface area contributed by atoms with Crippen molar-refractivity contribution in [3.63, 3.8) is 0 Å². The largest absolute Gasteiger partial charge is 0.351 e. The Kier molecular flexibility index (Phi) is 5.96. The van der Waals surface area contributed by atoms with E-state index >= 15 is 0 Å². The number of aromatic nitrogens is 3. The normalized spacial score (nSPS) is 23.5. The lowest BCUT2D eigenvalue weighted by Crippen LogP contribution is -3.10. The summed E-state index contributed by atoms with van der Waals surface area (Å²) >= 11 is 0. The number of piperidine rings is 2. The SMILES string of the molecule is C[NH+]1CCC(n2c(=O)c(C#N)cc3cnc(NC4CCN(S(C)(=O)=O)CC4)nc32)CC1. The van der Waals surface area contributed by atoms with Crippen molar-refractivity contribution in [2.75, 3.05) is 44.8 Å². The second-order valence-electron chi connectivity index (χ2n) is 8.59. The average molecular weight is 447 g/mol. The van der Waals surface area contributed by atoms with Gasteiger partial charge in [0.2, 0.25) is 16.0 Å². The highest BCUT2D eigenvalue weighted by Crippen LogP contribution is 2.23. The summed E-state index contributed by atoms with van der Waals surface area (Å²) in [6.07, 6.45) is 5.90.